The Bertz CT molecular complexity index is 1400. The van der Waals surface area contributed by atoms with Crippen LogP contribution in [0.25, 0.3) is 0 Å². The number of aryl methyl sites for hydroxylation is 2. The van der Waals surface area contributed by atoms with Crippen molar-refractivity contribution in [3.05, 3.63) is 79.2 Å². The van der Waals surface area contributed by atoms with Gasteiger partial charge in [0.25, 0.3) is 11.8 Å². The smallest absolute Gasteiger partial charge is 0.341 e. The molecule has 2 aromatic carbocycles. The molecule has 0 aliphatic heterocycles. The second kappa shape index (κ2) is 11.2. The number of rotatable bonds is 8. The number of benzene rings is 2. The normalized spacial score (nSPS) is 10.7. The fourth-order valence-corrected chi connectivity index (χ4v) is 4.70. The molecule has 0 radical (unpaired) electrons. The van der Waals surface area contributed by atoms with Crippen LogP contribution in [-0.2, 0) is 4.74 Å². The molecule has 2 amide bonds. The topological polar surface area (TPSA) is 137 Å². The van der Waals surface area contributed by atoms with Crippen LogP contribution in [0.4, 0.5) is 16.4 Å². The van der Waals surface area contributed by atoms with Crippen molar-refractivity contribution in [3.8, 4) is 5.75 Å². The first-order valence-corrected chi connectivity index (χ1v) is 12.1. The lowest BCUT2D eigenvalue weighted by Gasteiger charge is -2.11. The minimum atomic E-state index is -0.703. The molecule has 194 valence electrons. The first-order valence-electron chi connectivity index (χ1n) is 11.3. The van der Waals surface area contributed by atoms with Crippen molar-refractivity contribution in [2.75, 3.05) is 17.7 Å². The van der Waals surface area contributed by atoms with Crippen LogP contribution in [0.1, 0.15) is 60.9 Å². The Morgan fingerprint density at radius 2 is 1.70 bits per heavy atom. The average molecular weight is 526 g/mol. The van der Waals surface area contributed by atoms with Crippen LogP contribution in [0.15, 0.2) is 36.4 Å². The van der Waals surface area contributed by atoms with E-state index in [-0.39, 0.29) is 32.4 Å². The summed E-state index contributed by atoms with van der Waals surface area (Å²) in [7, 11) is 1.29. The van der Waals surface area contributed by atoms with Gasteiger partial charge >= 0.3 is 11.7 Å². The summed E-state index contributed by atoms with van der Waals surface area (Å²) in [6.45, 7) is 8.78. The highest BCUT2D eigenvalue weighted by atomic mass is 32.1. The molecule has 0 unspecified atom stereocenters. The van der Waals surface area contributed by atoms with Crippen LogP contribution in [0.2, 0.25) is 0 Å². The number of carbonyl (C=O) groups excluding carboxylic acids is 3. The Morgan fingerprint density at radius 3 is 2.30 bits per heavy atom. The maximum atomic E-state index is 13.2. The number of methoxy groups -OCH3 is 1. The van der Waals surface area contributed by atoms with E-state index >= 15 is 0 Å². The van der Waals surface area contributed by atoms with Gasteiger partial charge in [-0.05, 0) is 63.9 Å². The third-order valence-corrected chi connectivity index (χ3v) is 6.60. The molecule has 1 aromatic heterocycles. The Balaban J connectivity index is 2.00. The van der Waals surface area contributed by atoms with Gasteiger partial charge in [0.2, 0.25) is 0 Å². The number of nitrogens with zero attached hydrogens (tertiary/aromatic N) is 1. The maximum absolute atomic E-state index is 13.2. The molecule has 2 N–H and O–H groups in total. The van der Waals surface area contributed by atoms with E-state index in [4.69, 9.17) is 9.47 Å². The molecule has 3 aromatic rings. The Kier molecular flexibility index (Phi) is 8.28. The monoisotopic (exact) mass is 525 g/mol. The van der Waals surface area contributed by atoms with Gasteiger partial charge in [0.1, 0.15) is 5.00 Å². The van der Waals surface area contributed by atoms with Crippen LogP contribution in [0.5, 0.6) is 5.75 Å². The molecule has 0 aliphatic carbocycles. The summed E-state index contributed by atoms with van der Waals surface area (Å²) in [4.78, 5) is 50.0. The van der Waals surface area contributed by atoms with E-state index in [1.165, 1.54) is 19.2 Å². The van der Waals surface area contributed by atoms with Crippen molar-refractivity contribution in [1.29, 1.82) is 0 Å². The predicted octanol–water partition coefficient (Wildman–Crippen LogP) is 5.66. The summed E-state index contributed by atoms with van der Waals surface area (Å²) in [5.74, 6) is -1.86. The van der Waals surface area contributed by atoms with Gasteiger partial charge in [-0.15, -0.1) is 11.3 Å². The number of carbonyl (C=O) groups is 3. The van der Waals surface area contributed by atoms with Gasteiger partial charge in [-0.25, -0.2) is 4.79 Å². The van der Waals surface area contributed by atoms with Gasteiger partial charge in [0, 0.05) is 17.3 Å². The van der Waals surface area contributed by atoms with E-state index in [2.05, 4.69) is 10.6 Å². The molecule has 0 saturated heterocycles. The third kappa shape index (κ3) is 6.12. The lowest BCUT2D eigenvalue weighted by molar-refractivity contribution is -0.385. The number of hydrogen-bond acceptors (Lipinski definition) is 8. The largest absolute Gasteiger partial charge is 0.490 e. The van der Waals surface area contributed by atoms with E-state index in [1.54, 1.807) is 26.8 Å². The predicted molar refractivity (Wildman–Crippen MR) is 141 cm³/mol. The highest BCUT2D eigenvalue weighted by Crippen LogP contribution is 2.36. The Morgan fingerprint density at radius 1 is 1.00 bits per heavy atom. The number of thiophene rings is 1. The molecule has 0 spiro atoms. The van der Waals surface area contributed by atoms with Crippen molar-refractivity contribution in [2.24, 2.45) is 0 Å². The highest BCUT2D eigenvalue weighted by molar-refractivity contribution is 7.19. The van der Waals surface area contributed by atoms with Crippen molar-refractivity contribution >= 4 is 45.5 Å². The summed E-state index contributed by atoms with van der Waals surface area (Å²) >= 11 is 0.916. The molecule has 37 heavy (non-hydrogen) atoms. The van der Waals surface area contributed by atoms with Crippen LogP contribution in [0, 0.1) is 30.9 Å². The van der Waals surface area contributed by atoms with Crippen LogP contribution in [0.3, 0.4) is 0 Å². The number of hydrogen-bond donors (Lipinski definition) is 2. The van der Waals surface area contributed by atoms with Gasteiger partial charge in [0.15, 0.2) is 5.75 Å². The van der Waals surface area contributed by atoms with Crippen molar-refractivity contribution < 1.29 is 28.8 Å². The summed E-state index contributed by atoms with van der Waals surface area (Å²) in [6, 6.07) is 9.34. The first-order chi connectivity index (χ1) is 17.4. The van der Waals surface area contributed by atoms with E-state index in [0.717, 1.165) is 28.5 Å². The minimum Gasteiger partial charge on any atom is -0.490 e. The molecule has 10 nitrogen and oxygen atoms in total. The van der Waals surface area contributed by atoms with Crippen LogP contribution < -0.4 is 15.4 Å². The molecular weight excluding hydrogens is 498 g/mol. The van der Waals surface area contributed by atoms with Crippen LogP contribution in [-0.4, -0.2) is 35.9 Å². The number of esters is 1. The second-order valence-electron chi connectivity index (χ2n) is 8.58. The van der Waals surface area contributed by atoms with E-state index in [0.29, 0.717) is 11.3 Å². The molecule has 3 rings (SSSR count). The van der Waals surface area contributed by atoms with Crippen molar-refractivity contribution in [2.45, 2.75) is 40.7 Å². The van der Waals surface area contributed by atoms with Crippen LogP contribution >= 0.6 is 11.3 Å². The summed E-state index contributed by atoms with van der Waals surface area (Å²) in [5, 5.41) is 16.9. The quantitative estimate of drug-likeness (QED) is 0.220. The zero-order valence-electron chi connectivity index (χ0n) is 21.3. The van der Waals surface area contributed by atoms with E-state index < -0.39 is 28.8 Å². The Hall–Kier alpha value is -4.25. The van der Waals surface area contributed by atoms with Crippen molar-refractivity contribution in [1.82, 2.24) is 0 Å². The number of nitro benzene ring substituents is 1. The van der Waals surface area contributed by atoms with E-state index in [1.807, 2.05) is 26.0 Å². The highest BCUT2D eigenvalue weighted by Gasteiger charge is 2.28. The summed E-state index contributed by atoms with van der Waals surface area (Å²) in [6.07, 6.45) is -0.438. The maximum Gasteiger partial charge on any atom is 0.341 e. The third-order valence-electron chi connectivity index (χ3n) is 5.39. The zero-order valence-corrected chi connectivity index (χ0v) is 22.1. The molecule has 1 heterocycles. The lowest BCUT2D eigenvalue weighted by Crippen LogP contribution is -2.17. The van der Waals surface area contributed by atoms with Gasteiger partial charge in [-0.1, -0.05) is 17.7 Å². The molecule has 0 fully saturated rings. The fraction of sp³-hybridized carbons (Fsp3) is 0.269. The Labute approximate surface area is 217 Å². The number of anilines is 2. The van der Waals surface area contributed by atoms with E-state index in [9.17, 15) is 24.5 Å². The zero-order chi connectivity index (χ0) is 27.4. The minimum absolute atomic E-state index is 0.0000692. The fourth-order valence-electron chi connectivity index (χ4n) is 3.62. The number of nitrogens with one attached hydrogen (secondary N) is 2. The average Bonchev–Trinajstić information content (AvgIpc) is 3.15. The first kappa shape index (κ1) is 27.3. The van der Waals surface area contributed by atoms with Gasteiger partial charge in [-0.3, -0.25) is 19.7 Å². The molecule has 11 heteroatoms. The molecular formula is C26H27N3O7S. The molecule has 0 aliphatic rings. The van der Waals surface area contributed by atoms with Gasteiger partial charge in [0.05, 0.1) is 28.6 Å². The summed E-state index contributed by atoms with van der Waals surface area (Å²) in [5.41, 5.74) is 2.51. The number of ether oxygens (including phenoxy) is 2. The molecule has 0 saturated carbocycles. The number of nitro groups is 1. The molecule has 0 bridgehead atoms. The SMILES string of the molecule is COc1ccc(C(=O)Nc2sc(C(=O)Nc3ccc(C)cc3C)c(C)c2C(=O)OC(C)C)cc1[N+](=O)[O-]. The van der Waals surface area contributed by atoms with Gasteiger partial charge in [-0.2, -0.15) is 0 Å². The number of amides is 2. The lowest BCUT2D eigenvalue weighted by atomic mass is 10.1. The molecule has 0 atom stereocenters. The summed E-state index contributed by atoms with van der Waals surface area (Å²) < 4.78 is 10.3. The standard InChI is InChI=1S/C26H27N3O7S/c1-13(2)36-26(32)21-16(5)22(24(31)27-18-9-7-14(3)11-15(18)4)37-25(21)28-23(30)17-8-10-20(35-6)19(12-17)29(33)34/h7-13H,1-6H3,(H,27,31)(H,28,30). The second-order valence-corrected chi connectivity index (χ2v) is 9.61. The van der Waals surface area contributed by atoms with Crippen molar-refractivity contribution in [3.63, 3.8) is 0 Å². The van der Waals surface area contributed by atoms with Gasteiger partial charge < -0.3 is 20.1 Å².